The number of aromatic nitrogens is 2. The zero-order valence-corrected chi connectivity index (χ0v) is 8.32. The van der Waals surface area contributed by atoms with Crippen LogP contribution in [0.1, 0.15) is 10.5 Å². The van der Waals surface area contributed by atoms with Crippen LogP contribution in [0.4, 0.5) is 0 Å². The molecule has 0 saturated heterocycles. The van der Waals surface area contributed by atoms with Gasteiger partial charge in [-0.15, -0.1) is 0 Å². The van der Waals surface area contributed by atoms with Gasteiger partial charge in [-0.3, -0.25) is 0 Å². The fourth-order valence-electron chi connectivity index (χ4n) is 1.22. The van der Waals surface area contributed by atoms with Crippen molar-refractivity contribution in [1.29, 1.82) is 0 Å². The first-order valence-corrected chi connectivity index (χ1v) is 4.59. The fraction of sp³-hybridized carbons (Fsp3) is 0. The monoisotopic (exact) mass is 222 g/mol. The average Bonchev–Trinajstić information content (AvgIpc) is 2.68. The molecule has 2 N–H and O–H groups in total. The van der Waals surface area contributed by atoms with Crippen molar-refractivity contribution in [2.45, 2.75) is 0 Å². The van der Waals surface area contributed by atoms with Gasteiger partial charge in [-0.25, -0.2) is 9.78 Å². The Morgan fingerprint density at radius 2 is 2.13 bits per heavy atom. The number of rotatable bonds is 2. The van der Waals surface area contributed by atoms with Gasteiger partial charge in [0.1, 0.15) is 10.8 Å². The second-order valence-corrected chi connectivity index (χ2v) is 3.35. The van der Waals surface area contributed by atoms with Gasteiger partial charge >= 0.3 is 5.97 Å². The maximum atomic E-state index is 10.6. The molecule has 15 heavy (non-hydrogen) atoms. The van der Waals surface area contributed by atoms with Crippen molar-refractivity contribution >= 4 is 17.6 Å². The molecule has 0 aromatic carbocycles. The van der Waals surface area contributed by atoms with Crippen LogP contribution < -0.4 is 0 Å². The molecule has 2 aromatic rings. The highest BCUT2D eigenvalue weighted by molar-refractivity contribution is 6.29. The SMILES string of the molecule is O=C(O)c1ccc(-c2ccc(Cl)nc2)[nH]1. The highest BCUT2D eigenvalue weighted by atomic mass is 35.5. The minimum atomic E-state index is -0.983. The number of carbonyl (C=O) groups is 1. The second-order valence-electron chi connectivity index (χ2n) is 2.96. The highest BCUT2D eigenvalue weighted by Gasteiger charge is 2.06. The lowest BCUT2D eigenvalue weighted by Crippen LogP contribution is -1.95. The number of nitrogens with one attached hydrogen (secondary N) is 1. The Morgan fingerprint density at radius 1 is 1.33 bits per heavy atom. The Kier molecular flexibility index (Phi) is 2.43. The highest BCUT2D eigenvalue weighted by Crippen LogP contribution is 2.18. The summed E-state index contributed by atoms with van der Waals surface area (Å²) in [5, 5.41) is 9.13. The lowest BCUT2D eigenvalue weighted by molar-refractivity contribution is 0.0691. The number of hydrogen-bond acceptors (Lipinski definition) is 2. The number of aromatic carboxylic acids is 1. The molecule has 0 fully saturated rings. The summed E-state index contributed by atoms with van der Waals surface area (Å²) in [5.41, 5.74) is 1.66. The van der Waals surface area contributed by atoms with E-state index in [4.69, 9.17) is 16.7 Å². The molecular weight excluding hydrogens is 216 g/mol. The number of H-pyrrole nitrogens is 1. The molecule has 0 unspecified atom stereocenters. The third-order valence-electron chi connectivity index (χ3n) is 1.95. The Bertz CT molecular complexity index is 490. The van der Waals surface area contributed by atoms with Crippen LogP contribution in [0.25, 0.3) is 11.3 Å². The molecule has 0 radical (unpaired) electrons. The van der Waals surface area contributed by atoms with Crippen molar-refractivity contribution in [2.75, 3.05) is 0 Å². The summed E-state index contributed by atoms with van der Waals surface area (Å²) in [6, 6.07) is 6.62. The predicted molar refractivity (Wildman–Crippen MR) is 56.0 cm³/mol. The van der Waals surface area contributed by atoms with Crippen LogP contribution >= 0.6 is 11.6 Å². The molecule has 2 heterocycles. The first-order valence-electron chi connectivity index (χ1n) is 4.21. The van der Waals surface area contributed by atoms with Crippen molar-refractivity contribution < 1.29 is 9.90 Å². The second kappa shape index (κ2) is 3.74. The summed E-state index contributed by atoms with van der Waals surface area (Å²) in [4.78, 5) is 17.3. The fourth-order valence-corrected chi connectivity index (χ4v) is 1.34. The van der Waals surface area contributed by atoms with Crippen LogP contribution in [0.5, 0.6) is 0 Å². The number of hydrogen-bond donors (Lipinski definition) is 2. The molecule has 76 valence electrons. The minimum Gasteiger partial charge on any atom is -0.477 e. The average molecular weight is 223 g/mol. The lowest BCUT2D eigenvalue weighted by atomic mass is 10.2. The third-order valence-corrected chi connectivity index (χ3v) is 2.18. The van der Waals surface area contributed by atoms with Crippen LogP contribution in [-0.4, -0.2) is 21.0 Å². The number of pyridine rings is 1. The molecule has 0 amide bonds. The van der Waals surface area contributed by atoms with Crippen molar-refractivity contribution in [1.82, 2.24) is 9.97 Å². The smallest absolute Gasteiger partial charge is 0.352 e. The van der Waals surface area contributed by atoms with Gasteiger partial charge in [0.25, 0.3) is 0 Å². The number of carboxylic acids is 1. The predicted octanol–water partition coefficient (Wildman–Crippen LogP) is 2.43. The zero-order chi connectivity index (χ0) is 10.8. The normalized spacial score (nSPS) is 10.2. The van der Waals surface area contributed by atoms with Crippen LogP contribution in [0, 0.1) is 0 Å². The summed E-state index contributed by atoms with van der Waals surface area (Å²) in [5.74, 6) is -0.983. The van der Waals surface area contributed by atoms with Gasteiger partial charge in [0.15, 0.2) is 0 Å². The van der Waals surface area contributed by atoms with Crippen molar-refractivity contribution in [3.8, 4) is 11.3 Å². The standard InChI is InChI=1S/C10H7ClN2O2/c11-9-4-1-6(5-12-9)7-2-3-8(13-7)10(14)15/h1-5,13H,(H,14,15). The third kappa shape index (κ3) is 1.99. The van der Waals surface area contributed by atoms with E-state index in [2.05, 4.69) is 9.97 Å². The van der Waals surface area contributed by atoms with Gasteiger partial charge in [-0.05, 0) is 24.3 Å². The summed E-state index contributed by atoms with van der Waals surface area (Å²) >= 11 is 5.64. The number of aromatic amines is 1. The Balaban J connectivity index is 2.37. The Hall–Kier alpha value is -1.81. The number of carboxylic acid groups (broad SMARTS) is 1. The van der Waals surface area contributed by atoms with E-state index < -0.39 is 5.97 Å². The molecule has 2 aromatic heterocycles. The molecule has 0 aliphatic carbocycles. The van der Waals surface area contributed by atoms with Crippen molar-refractivity contribution in [3.63, 3.8) is 0 Å². The Labute approximate surface area is 90.5 Å². The van der Waals surface area contributed by atoms with E-state index in [0.29, 0.717) is 10.8 Å². The van der Waals surface area contributed by atoms with Gasteiger partial charge < -0.3 is 10.1 Å². The van der Waals surface area contributed by atoms with Gasteiger partial charge in [-0.2, -0.15) is 0 Å². The largest absolute Gasteiger partial charge is 0.477 e. The molecule has 0 bridgehead atoms. The van der Waals surface area contributed by atoms with Gasteiger partial charge in [0, 0.05) is 17.5 Å². The molecule has 0 spiro atoms. The maximum absolute atomic E-state index is 10.6. The minimum absolute atomic E-state index is 0.153. The first-order chi connectivity index (χ1) is 7.16. The zero-order valence-electron chi connectivity index (χ0n) is 7.57. The maximum Gasteiger partial charge on any atom is 0.352 e. The molecule has 0 saturated carbocycles. The molecule has 0 aliphatic heterocycles. The number of halogens is 1. The first kappa shape index (κ1) is 9.73. The van der Waals surface area contributed by atoms with Crippen LogP contribution in [0.3, 0.4) is 0 Å². The molecule has 0 atom stereocenters. The van der Waals surface area contributed by atoms with E-state index in [-0.39, 0.29) is 5.69 Å². The van der Waals surface area contributed by atoms with Gasteiger partial charge in [0.2, 0.25) is 0 Å². The quantitative estimate of drug-likeness (QED) is 0.767. The molecule has 4 nitrogen and oxygen atoms in total. The molecule has 5 heteroatoms. The molecule has 2 rings (SSSR count). The van der Waals surface area contributed by atoms with Crippen molar-refractivity contribution in [3.05, 3.63) is 41.3 Å². The van der Waals surface area contributed by atoms with Crippen LogP contribution in [-0.2, 0) is 0 Å². The van der Waals surface area contributed by atoms with E-state index >= 15 is 0 Å². The molecule has 0 aliphatic rings. The summed E-state index contributed by atoms with van der Waals surface area (Å²) in [6.07, 6.45) is 1.58. The van der Waals surface area contributed by atoms with Crippen LogP contribution in [0.2, 0.25) is 5.15 Å². The summed E-state index contributed by atoms with van der Waals surface area (Å²) < 4.78 is 0. The van der Waals surface area contributed by atoms with E-state index in [1.807, 2.05) is 0 Å². The van der Waals surface area contributed by atoms with Gasteiger partial charge in [0.05, 0.1) is 0 Å². The summed E-state index contributed by atoms with van der Waals surface area (Å²) in [7, 11) is 0. The molecular formula is C10H7ClN2O2. The topological polar surface area (TPSA) is 66.0 Å². The van der Waals surface area contributed by atoms with E-state index in [1.165, 1.54) is 6.07 Å². The van der Waals surface area contributed by atoms with E-state index in [9.17, 15) is 4.79 Å². The van der Waals surface area contributed by atoms with E-state index in [1.54, 1.807) is 24.4 Å². The van der Waals surface area contributed by atoms with Gasteiger partial charge in [-0.1, -0.05) is 11.6 Å². The van der Waals surface area contributed by atoms with Crippen molar-refractivity contribution in [2.24, 2.45) is 0 Å². The van der Waals surface area contributed by atoms with Crippen LogP contribution in [0.15, 0.2) is 30.5 Å². The Morgan fingerprint density at radius 3 is 2.67 bits per heavy atom. The lowest BCUT2D eigenvalue weighted by Gasteiger charge is -1.96. The van der Waals surface area contributed by atoms with E-state index in [0.717, 1.165) is 5.56 Å². The number of nitrogens with zero attached hydrogens (tertiary/aromatic N) is 1. The summed E-state index contributed by atoms with van der Waals surface area (Å²) in [6.45, 7) is 0.